The molecule has 150 valence electrons. The van der Waals surface area contributed by atoms with E-state index < -0.39 is 5.60 Å². The molecule has 5 nitrogen and oxygen atoms in total. The molecule has 28 heavy (non-hydrogen) atoms. The highest BCUT2D eigenvalue weighted by Crippen LogP contribution is 2.36. The van der Waals surface area contributed by atoms with Crippen LogP contribution in [0.25, 0.3) is 0 Å². The van der Waals surface area contributed by atoms with E-state index in [1.165, 1.54) is 0 Å². The van der Waals surface area contributed by atoms with Crippen LogP contribution in [0.15, 0.2) is 54.7 Å². The number of nitrogens with zero attached hydrogens (tertiary/aromatic N) is 2. The van der Waals surface area contributed by atoms with Crippen molar-refractivity contribution >= 4 is 6.09 Å². The van der Waals surface area contributed by atoms with Crippen molar-refractivity contribution in [3.05, 3.63) is 66.0 Å². The number of rotatable bonds is 4. The topological polar surface area (TPSA) is 51.7 Å². The summed E-state index contributed by atoms with van der Waals surface area (Å²) >= 11 is 0. The Balaban J connectivity index is 1.79. The van der Waals surface area contributed by atoms with Crippen molar-refractivity contribution in [2.45, 2.75) is 57.8 Å². The summed E-state index contributed by atoms with van der Waals surface area (Å²) in [6.45, 7) is 9.43. The second-order valence-corrected chi connectivity index (χ2v) is 8.59. The van der Waals surface area contributed by atoms with Gasteiger partial charge in [-0.15, -0.1) is 0 Å². The highest BCUT2D eigenvalue weighted by atomic mass is 16.6. The molecule has 0 saturated carbocycles. The normalized spacial score (nSPS) is 22.7. The molecule has 1 aliphatic rings. The molecule has 0 radical (unpaired) electrons. The number of carbonyl (C=O) groups excluding carboxylic acids is 1. The van der Waals surface area contributed by atoms with Crippen LogP contribution in [0.5, 0.6) is 0 Å². The third-order valence-electron chi connectivity index (χ3n) is 5.19. The number of pyridine rings is 1. The van der Waals surface area contributed by atoms with E-state index in [9.17, 15) is 4.79 Å². The van der Waals surface area contributed by atoms with E-state index in [1.807, 2.05) is 75.5 Å². The SMILES string of the molecule is CC(C)(C)OC(=O)N1CC[C@@](C)(c2ccccn2)[C@H](OCc2ccccc2)C1. The molecule has 2 heterocycles. The second kappa shape index (κ2) is 8.31. The fourth-order valence-electron chi connectivity index (χ4n) is 3.51. The highest BCUT2D eigenvalue weighted by molar-refractivity contribution is 5.68. The van der Waals surface area contributed by atoms with Gasteiger partial charge in [-0.1, -0.05) is 43.3 Å². The van der Waals surface area contributed by atoms with E-state index in [2.05, 4.69) is 11.9 Å². The number of piperidine rings is 1. The van der Waals surface area contributed by atoms with Gasteiger partial charge in [0.1, 0.15) is 5.60 Å². The van der Waals surface area contributed by atoms with Crippen LogP contribution in [-0.2, 0) is 21.5 Å². The molecular weight excluding hydrogens is 352 g/mol. The zero-order chi connectivity index (χ0) is 20.2. The molecule has 2 atom stereocenters. The second-order valence-electron chi connectivity index (χ2n) is 8.59. The quantitative estimate of drug-likeness (QED) is 0.777. The van der Waals surface area contributed by atoms with Crippen LogP contribution < -0.4 is 0 Å². The third-order valence-corrected chi connectivity index (χ3v) is 5.19. The maximum atomic E-state index is 12.6. The van der Waals surface area contributed by atoms with Gasteiger partial charge in [0.05, 0.1) is 19.3 Å². The third kappa shape index (κ3) is 4.90. The molecule has 1 aromatic heterocycles. The van der Waals surface area contributed by atoms with Gasteiger partial charge in [-0.05, 0) is 44.9 Å². The number of ether oxygens (including phenoxy) is 2. The largest absolute Gasteiger partial charge is 0.444 e. The summed E-state index contributed by atoms with van der Waals surface area (Å²) in [6, 6.07) is 16.1. The molecule has 0 spiro atoms. The number of hydrogen-bond donors (Lipinski definition) is 0. The average molecular weight is 383 g/mol. The number of likely N-dealkylation sites (tertiary alicyclic amines) is 1. The fraction of sp³-hybridized carbons (Fsp3) is 0.478. The Labute approximate surface area is 167 Å². The molecule has 1 fully saturated rings. The highest BCUT2D eigenvalue weighted by Gasteiger charge is 2.44. The molecule has 0 aliphatic carbocycles. The molecule has 0 bridgehead atoms. The lowest BCUT2D eigenvalue weighted by Crippen LogP contribution is -2.55. The minimum Gasteiger partial charge on any atom is -0.444 e. The van der Waals surface area contributed by atoms with E-state index in [0.29, 0.717) is 19.7 Å². The maximum absolute atomic E-state index is 12.6. The van der Waals surface area contributed by atoms with E-state index in [0.717, 1.165) is 17.7 Å². The average Bonchev–Trinajstić information content (AvgIpc) is 2.67. The van der Waals surface area contributed by atoms with Crippen LogP contribution in [0.2, 0.25) is 0 Å². The van der Waals surface area contributed by atoms with Crippen LogP contribution in [0.1, 0.15) is 45.4 Å². The first-order chi connectivity index (χ1) is 13.3. The van der Waals surface area contributed by atoms with Gasteiger partial charge in [-0.3, -0.25) is 4.98 Å². The summed E-state index contributed by atoms with van der Waals surface area (Å²) in [6.07, 6.45) is 2.12. The van der Waals surface area contributed by atoms with Crippen LogP contribution in [0, 0.1) is 0 Å². The summed E-state index contributed by atoms with van der Waals surface area (Å²) in [4.78, 5) is 19.0. The van der Waals surface area contributed by atoms with Crippen molar-refractivity contribution in [1.82, 2.24) is 9.88 Å². The summed E-state index contributed by atoms with van der Waals surface area (Å²) in [5, 5.41) is 0. The monoisotopic (exact) mass is 382 g/mol. The van der Waals surface area contributed by atoms with Gasteiger partial charge in [0, 0.05) is 23.9 Å². The zero-order valence-corrected chi connectivity index (χ0v) is 17.2. The van der Waals surface area contributed by atoms with E-state index in [-0.39, 0.29) is 17.6 Å². The van der Waals surface area contributed by atoms with E-state index in [1.54, 1.807) is 4.90 Å². The van der Waals surface area contributed by atoms with E-state index >= 15 is 0 Å². The lowest BCUT2D eigenvalue weighted by molar-refractivity contribution is -0.0632. The van der Waals surface area contributed by atoms with Crippen molar-refractivity contribution in [2.75, 3.05) is 13.1 Å². The Morgan fingerprint density at radius 2 is 1.89 bits per heavy atom. The Morgan fingerprint density at radius 3 is 2.54 bits per heavy atom. The molecule has 0 N–H and O–H groups in total. The van der Waals surface area contributed by atoms with E-state index in [4.69, 9.17) is 9.47 Å². The van der Waals surface area contributed by atoms with Crippen LogP contribution in [0.3, 0.4) is 0 Å². The number of aromatic nitrogens is 1. The first-order valence-electron chi connectivity index (χ1n) is 9.83. The zero-order valence-electron chi connectivity index (χ0n) is 17.2. The summed E-state index contributed by atoms with van der Waals surface area (Å²) in [5.41, 5.74) is 1.32. The van der Waals surface area contributed by atoms with Gasteiger partial charge in [-0.2, -0.15) is 0 Å². The van der Waals surface area contributed by atoms with Gasteiger partial charge >= 0.3 is 6.09 Å². The maximum Gasteiger partial charge on any atom is 0.410 e. The minimum atomic E-state index is -0.515. The predicted octanol–water partition coefficient (Wildman–Crippen LogP) is 4.57. The van der Waals surface area contributed by atoms with Crippen molar-refractivity contribution < 1.29 is 14.3 Å². The molecule has 5 heteroatoms. The van der Waals surface area contributed by atoms with Crippen LogP contribution >= 0.6 is 0 Å². The molecule has 1 aromatic carbocycles. The van der Waals surface area contributed by atoms with Gasteiger partial charge in [0.2, 0.25) is 0 Å². The van der Waals surface area contributed by atoms with Gasteiger partial charge in [0.15, 0.2) is 0 Å². The fourth-order valence-corrected chi connectivity index (χ4v) is 3.51. The van der Waals surface area contributed by atoms with Crippen LogP contribution in [0.4, 0.5) is 4.79 Å². The number of hydrogen-bond acceptors (Lipinski definition) is 4. The summed E-state index contributed by atoms with van der Waals surface area (Å²) < 4.78 is 11.9. The van der Waals surface area contributed by atoms with Crippen molar-refractivity contribution in [2.24, 2.45) is 0 Å². The van der Waals surface area contributed by atoms with Gasteiger partial charge in [-0.25, -0.2) is 4.79 Å². The first kappa shape index (κ1) is 20.3. The summed E-state index contributed by atoms with van der Waals surface area (Å²) in [5.74, 6) is 0. The molecular formula is C23H30N2O3. The molecule has 1 aliphatic heterocycles. The van der Waals surface area contributed by atoms with Crippen LogP contribution in [-0.4, -0.2) is 40.8 Å². The smallest absolute Gasteiger partial charge is 0.410 e. The molecule has 2 aromatic rings. The van der Waals surface area contributed by atoms with Gasteiger partial charge in [0.25, 0.3) is 0 Å². The van der Waals surface area contributed by atoms with Crippen molar-refractivity contribution in [3.63, 3.8) is 0 Å². The number of benzene rings is 1. The minimum absolute atomic E-state index is 0.177. The number of amides is 1. The lowest BCUT2D eigenvalue weighted by Gasteiger charge is -2.45. The Hall–Kier alpha value is -2.40. The first-order valence-corrected chi connectivity index (χ1v) is 9.83. The molecule has 3 rings (SSSR count). The molecule has 1 amide bonds. The number of carbonyl (C=O) groups is 1. The Kier molecular flexibility index (Phi) is 6.04. The van der Waals surface area contributed by atoms with Gasteiger partial charge < -0.3 is 14.4 Å². The molecule has 1 saturated heterocycles. The van der Waals surface area contributed by atoms with Crippen molar-refractivity contribution in [1.29, 1.82) is 0 Å². The summed E-state index contributed by atoms with van der Waals surface area (Å²) in [7, 11) is 0. The predicted molar refractivity (Wildman–Crippen MR) is 109 cm³/mol. The Bertz CT molecular complexity index is 773. The molecule has 0 unspecified atom stereocenters. The lowest BCUT2D eigenvalue weighted by atomic mass is 9.75. The van der Waals surface area contributed by atoms with Crippen molar-refractivity contribution in [3.8, 4) is 0 Å². The Morgan fingerprint density at radius 1 is 1.18 bits per heavy atom. The standard InChI is InChI=1S/C23H30N2O3/c1-22(2,3)28-21(26)25-15-13-23(4,19-12-8-9-14-24-19)20(16-25)27-17-18-10-6-5-7-11-18/h5-12,14,20H,13,15-17H2,1-4H3/t20-,23+/m1/s1.